The van der Waals surface area contributed by atoms with Crippen LogP contribution in [0.15, 0.2) is 12.2 Å². The average Bonchev–Trinajstić information content (AvgIpc) is 3.16. The van der Waals surface area contributed by atoms with Crippen LogP contribution in [0.4, 0.5) is 0 Å². The number of unbranched alkanes of at least 4 members (excludes halogenated alkanes) is 36. The fraction of sp³-hybridized carbons (Fsp3) is 0.939. The first-order valence-electron chi connectivity index (χ1n) is 24.3. The van der Waals surface area contributed by atoms with Gasteiger partial charge in [0, 0.05) is 13.0 Å². The fourth-order valence-electron chi connectivity index (χ4n) is 7.44. The van der Waals surface area contributed by atoms with Gasteiger partial charge in [0.15, 0.2) is 0 Å². The highest BCUT2D eigenvalue weighted by atomic mass is 16.6. The number of aliphatic hydroxyl groups excluding tert-OH is 1. The van der Waals surface area contributed by atoms with Crippen LogP contribution in [-0.4, -0.2) is 37.0 Å². The van der Waals surface area contributed by atoms with Crippen LogP contribution in [0.3, 0.4) is 0 Å². The molecule has 0 amide bonds. The van der Waals surface area contributed by atoms with E-state index in [-0.39, 0.29) is 12.6 Å². The Kier molecular flexibility index (Phi) is 46.5. The van der Waals surface area contributed by atoms with Gasteiger partial charge < -0.3 is 14.6 Å². The smallest absolute Gasteiger partial charge is 0.306 e. The highest BCUT2D eigenvalue weighted by molar-refractivity contribution is 5.69. The second-order valence-corrected chi connectivity index (χ2v) is 16.5. The molecule has 0 aliphatic carbocycles. The highest BCUT2D eigenvalue weighted by Crippen LogP contribution is 2.16. The molecule has 4 heteroatoms. The summed E-state index contributed by atoms with van der Waals surface area (Å²) in [5.41, 5.74) is 0. The minimum Gasteiger partial charge on any atom is -0.457 e. The van der Waals surface area contributed by atoms with Crippen LogP contribution < -0.4 is 0 Å². The topological polar surface area (TPSA) is 55.8 Å². The zero-order valence-corrected chi connectivity index (χ0v) is 36.3. The Morgan fingerprint density at radius 2 is 0.736 bits per heavy atom. The molecular weight excluding hydrogens is 653 g/mol. The van der Waals surface area contributed by atoms with Gasteiger partial charge in [0.2, 0.25) is 0 Å². The third kappa shape index (κ3) is 45.4. The number of allylic oxidation sites excluding steroid dienone is 2. The van der Waals surface area contributed by atoms with Crippen molar-refractivity contribution < 1.29 is 19.4 Å². The Balaban J connectivity index is 3.35. The van der Waals surface area contributed by atoms with Crippen LogP contribution in [0.25, 0.3) is 0 Å². The summed E-state index contributed by atoms with van der Waals surface area (Å²) >= 11 is 0. The maximum absolute atomic E-state index is 12.2. The summed E-state index contributed by atoms with van der Waals surface area (Å²) in [5.74, 6) is -0.195. The molecular formula is C49H96O4. The average molecular weight is 749 g/mol. The zero-order valence-electron chi connectivity index (χ0n) is 36.3. The quantitative estimate of drug-likeness (QED) is 0.0383. The summed E-state index contributed by atoms with van der Waals surface area (Å²) in [6.07, 6.45) is 57.3. The molecule has 1 atom stereocenters. The second kappa shape index (κ2) is 47.3. The number of hydrogen-bond donors (Lipinski definition) is 1. The van der Waals surface area contributed by atoms with Gasteiger partial charge >= 0.3 is 5.97 Å². The summed E-state index contributed by atoms with van der Waals surface area (Å²) < 4.78 is 11.2. The summed E-state index contributed by atoms with van der Waals surface area (Å²) in [6.45, 7) is 5.38. The molecule has 0 saturated carbocycles. The molecule has 0 rings (SSSR count). The molecule has 0 bridgehead atoms. The lowest BCUT2D eigenvalue weighted by Crippen LogP contribution is -2.27. The van der Waals surface area contributed by atoms with Crippen molar-refractivity contribution in [1.29, 1.82) is 0 Å². The number of esters is 1. The van der Waals surface area contributed by atoms with Gasteiger partial charge in [-0.1, -0.05) is 238 Å². The van der Waals surface area contributed by atoms with E-state index in [9.17, 15) is 9.90 Å². The molecule has 0 aliphatic rings. The number of rotatable bonds is 46. The van der Waals surface area contributed by atoms with Crippen molar-refractivity contribution in [2.45, 2.75) is 277 Å². The molecule has 0 aromatic heterocycles. The van der Waals surface area contributed by atoms with Crippen molar-refractivity contribution >= 4 is 5.97 Å². The Morgan fingerprint density at radius 1 is 0.434 bits per heavy atom. The molecule has 0 saturated heterocycles. The van der Waals surface area contributed by atoms with E-state index in [1.165, 1.54) is 231 Å². The van der Waals surface area contributed by atoms with Crippen LogP contribution in [0, 0.1) is 0 Å². The molecule has 0 aliphatic heterocycles. The number of hydrogen-bond acceptors (Lipinski definition) is 4. The van der Waals surface area contributed by atoms with Gasteiger partial charge in [-0.3, -0.25) is 4.79 Å². The van der Waals surface area contributed by atoms with Crippen molar-refractivity contribution in [1.82, 2.24) is 0 Å². The van der Waals surface area contributed by atoms with E-state index in [1.54, 1.807) is 0 Å². The third-order valence-corrected chi connectivity index (χ3v) is 11.1. The van der Waals surface area contributed by atoms with Crippen LogP contribution in [0.2, 0.25) is 0 Å². The maximum Gasteiger partial charge on any atom is 0.306 e. The Morgan fingerprint density at radius 3 is 1.08 bits per heavy atom. The predicted molar refractivity (Wildman–Crippen MR) is 233 cm³/mol. The van der Waals surface area contributed by atoms with Gasteiger partial charge in [-0.15, -0.1) is 0 Å². The van der Waals surface area contributed by atoms with E-state index in [0.717, 1.165) is 19.3 Å². The monoisotopic (exact) mass is 749 g/mol. The van der Waals surface area contributed by atoms with E-state index >= 15 is 0 Å². The van der Waals surface area contributed by atoms with Gasteiger partial charge in [0.1, 0.15) is 6.10 Å². The number of carbonyl (C=O) groups excluding carboxylic acids is 1. The molecule has 53 heavy (non-hydrogen) atoms. The fourth-order valence-corrected chi connectivity index (χ4v) is 7.44. The number of aliphatic hydroxyl groups is 1. The van der Waals surface area contributed by atoms with Gasteiger partial charge in [0.05, 0.1) is 13.2 Å². The summed E-state index contributed by atoms with van der Waals surface area (Å²) in [5, 5.41) is 9.63. The van der Waals surface area contributed by atoms with Crippen LogP contribution >= 0.6 is 0 Å². The first-order valence-corrected chi connectivity index (χ1v) is 24.3. The highest BCUT2D eigenvalue weighted by Gasteiger charge is 2.13. The third-order valence-electron chi connectivity index (χ3n) is 11.1. The van der Waals surface area contributed by atoms with E-state index in [0.29, 0.717) is 19.6 Å². The van der Waals surface area contributed by atoms with Crippen molar-refractivity contribution in [2.24, 2.45) is 0 Å². The van der Waals surface area contributed by atoms with Gasteiger partial charge in [-0.05, 0) is 38.5 Å². The molecule has 0 aromatic carbocycles. The first-order chi connectivity index (χ1) is 26.2. The van der Waals surface area contributed by atoms with E-state index in [2.05, 4.69) is 26.0 Å². The SMILES string of the molecule is CCCCCCCCC/C=C\CCCCCCCCOCC(CO)OC(=O)CCCCCCCCCCCCCCCCCCCCCCCCCC. The summed E-state index contributed by atoms with van der Waals surface area (Å²) in [4.78, 5) is 12.2. The molecule has 1 unspecified atom stereocenters. The lowest BCUT2D eigenvalue weighted by molar-refractivity contribution is -0.154. The summed E-state index contributed by atoms with van der Waals surface area (Å²) in [6, 6.07) is 0. The number of ether oxygens (including phenoxy) is 2. The van der Waals surface area contributed by atoms with Gasteiger partial charge in [-0.25, -0.2) is 0 Å². The summed E-state index contributed by atoms with van der Waals surface area (Å²) in [7, 11) is 0. The largest absolute Gasteiger partial charge is 0.457 e. The Bertz CT molecular complexity index is 707. The molecule has 4 nitrogen and oxygen atoms in total. The molecule has 0 aromatic rings. The van der Waals surface area contributed by atoms with Gasteiger partial charge in [-0.2, -0.15) is 0 Å². The maximum atomic E-state index is 12.2. The van der Waals surface area contributed by atoms with Crippen molar-refractivity contribution in [3.05, 3.63) is 12.2 Å². The van der Waals surface area contributed by atoms with Crippen LogP contribution in [0.1, 0.15) is 271 Å². The second-order valence-electron chi connectivity index (χ2n) is 16.5. The van der Waals surface area contributed by atoms with Crippen LogP contribution in [-0.2, 0) is 14.3 Å². The lowest BCUT2D eigenvalue weighted by Gasteiger charge is -2.15. The molecule has 0 fully saturated rings. The first kappa shape index (κ1) is 52.1. The lowest BCUT2D eigenvalue weighted by atomic mass is 10.0. The standard InChI is InChI=1S/C49H96O4/c1-3-5-7-9-11-13-15-17-19-21-22-23-24-25-26-27-28-30-32-34-36-38-40-42-44-49(51)53-48(46-50)47-52-45-43-41-39-37-35-33-31-29-20-18-16-14-12-10-8-6-4-2/h20,29,48,50H,3-19,21-28,30-47H2,1-2H3/b29-20-. The van der Waals surface area contributed by atoms with Crippen LogP contribution in [0.5, 0.6) is 0 Å². The van der Waals surface area contributed by atoms with Crippen molar-refractivity contribution in [2.75, 3.05) is 19.8 Å². The number of carbonyl (C=O) groups is 1. The molecule has 0 heterocycles. The Labute approximate surface area is 333 Å². The van der Waals surface area contributed by atoms with Crippen molar-refractivity contribution in [3.63, 3.8) is 0 Å². The predicted octanol–water partition coefficient (Wildman–Crippen LogP) is 16.1. The normalized spacial score (nSPS) is 12.3. The van der Waals surface area contributed by atoms with E-state index in [4.69, 9.17) is 9.47 Å². The zero-order chi connectivity index (χ0) is 38.4. The molecule has 1 N–H and O–H groups in total. The van der Waals surface area contributed by atoms with E-state index < -0.39 is 6.10 Å². The molecule has 0 radical (unpaired) electrons. The molecule has 0 spiro atoms. The Hall–Kier alpha value is -0.870. The van der Waals surface area contributed by atoms with E-state index in [1.807, 2.05) is 0 Å². The minimum absolute atomic E-state index is 0.168. The van der Waals surface area contributed by atoms with Gasteiger partial charge in [0.25, 0.3) is 0 Å². The molecule has 316 valence electrons. The van der Waals surface area contributed by atoms with Crippen molar-refractivity contribution in [3.8, 4) is 0 Å². The minimum atomic E-state index is -0.532.